The molecular weight excluding hydrogens is 142 g/mol. The van der Waals surface area contributed by atoms with Gasteiger partial charge in [-0.3, -0.25) is 0 Å². The van der Waals surface area contributed by atoms with Crippen LogP contribution in [0.2, 0.25) is 0 Å². The fourth-order valence-electron chi connectivity index (χ4n) is 0.689. The van der Waals surface area contributed by atoms with Crippen LogP contribution in [-0.4, -0.2) is 0 Å². The molecule has 0 spiro atoms. The first-order chi connectivity index (χ1) is 5.24. The van der Waals surface area contributed by atoms with Crippen LogP contribution in [0.5, 0.6) is 5.75 Å². The Morgan fingerprint density at radius 2 is 2.09 bits per heavy atom. The van der Waals surface area contributed by atoms with Gasteiger partial charge < -0.3 is 16.2 Å². The van der Waals surface area contributed by atoms with Crippen LogP contribution < -0.4 is 16.2 Å². The van der Waals surface area contributed by atoms with Crippen molar-refractivity contribution in [2.45, 2.75) is 0 Å². The Hall–Kier alpha value is -1.89. The van der Waals surface area contributed by atoms with Crippen LogP contribution in [0.1, 0.15) is 0 Å². The minimum atomic E-state index is 0.299. The molecule has 0 aromatic heterocycles. The summed E-state index contributed by atoms with van der Waals surface area (Å²) in [7, 11) is 0. The Labute approximate surface area is 64.0 Å². The summed E-state index contributed by atoms with van der Waals surface area (Å²) in [5, 5.41) is 8.17. The van der Waals surface area contributed by atoms with Crippen LogP contribution in [0, 0.1) is 11.5 Å². The summed E-state index contributed by atoms with van der Waals surface area (Å²) in [4.78, 5) is 0. The van der Waals surface area contributed by atoms with Crippen molar-refractivity contribution in [2.24, 2.45) is 0 Å². The van der Waals surface area contributed by atoms with E-state index in [1.807, 2.05) is 0 Å². The zero-order valence-electron chi connectivity index (χ0n) is 5.74. The third-order valence-electron chi connectivity index (χ3n) is 1.19. The lowest BCUT2D eigenvalue weighted by molar-refractivity contribution is 0.510. The fraction of sp³-hybridized carbons (Fsp3) is 0. The first-order valence-electron chi connectivity index (χ1n) is 2.95. The van der Waals surface area contributed by atoms with Crippen molar-refractivity contribution in [3.05, 3.63) is 18.2 Å². The van der Waals surface area contributed by atoms with Gasteiger partial charge in [0.1, 0.15) is 0 Å². The molecule has 0 aliphatic rings. The van der Waals surface area contributed by atoms with E-state index in [1.54, 1.807) is 12.1 Å². The highest BCUT2D eigenvalue weighted by Crippen LogP contribution is 2.23. The average Bonchev–Trinajstić information content (AvgIpc) is 1.98. The number of ether oxygens (including phenoxy) is 1. The second-order valence-corrected chi connectivity index (χ2v) is 1.99. The van der Waals surface area contributed by atoms with Gasteiger partial charge in [-0.25, -0.2) is 0 Å². The maximum atomic E-state index is 8.17. The van der Waals surface area contributed by atoms with Gasteiger partial charge in [0.05, 0.1) is 5.69 Å². The van der Waals surface area contributed by atoms with Crippen molar-refractivity contribution >= 4 is 11.4 Å². The molecule has 0 saturated carbocycles. The summed E-state index contributed by atoms with van der Waals surface area (Å²) >= 11 is 0. The zero-order valence-corrected chi connectivity index (χ0v) is 5.74. The molecule has 0 heterocycles. The molecule has 1 aromatic carbocycles. The van der Waals surface area contributed by atoms with E-state index in [9.17, 15) is 0 Å². The molecule has 4 N–H and O–H groups in total. The number of rotatable bonds is 1. The van der Waals surface area contributed by atoms with Crippen LogP contribution in [0.3, 0.4) is 0 Å². The molecule has 0 amide bonds. The molecule has 0 saturated heterocycles. The van der Waals surface area contributed by atoms with Gasteiger partial charge in [0.15, 0.2) is 5.75 Å². The summed E-state index contributed by atoms with van der Waals surface area (Å²) in [6.45, 7) is 0. The van der Waals surface area contributed by atoms with E-state index in [-0.39, 0.29) is 0 Å². The predicted octanol–water partition coefficient (Wildman–Crippen LogP) is 0.711. The lowest BCUT2D eigenvalue weighted by Gasteiger charge is -2.00. The smallest absolute Gasteiger partial charge is 0.292 e. The molecule has 56 valence electrons. The quantitative estimate of drug-likeness (QED) is 0.455. The molecule has 4 nitrogen and oxygen atoms in total. The first-order valence-corrected chi connectivity index (χ1v) is 2.95. The molecule has 0 aliphatic heterocycles. The summed E-state index contributed by atoms with van der Waals surface area (Å²) < 4.78 is 4.52. The summed E-state index contributed by atoms with van der Waals surface area (Å²) in [5.41, 5.74) is 11.8. The van der Waals surface area contributed by atoms with E-state index in [0.717, 1.165) is 0 Å². The third kappa shape index (κ3) is 1.52. The number of anilines is 2. The molecule has 0 radical (unpaired) electrons. The van der Waals surface area contributed by atoms with E-state index in [0.29, 0.717) is 17.1 Å². The highest BCUT2D eigenvalue weighted by molar-refractivity contribution is 5.59. The number of nitrogen functional groups attached to an aromatic ring is 2. The number of hydrogen-bond donors (Lipinski definition) is 2. The second-order valence-electron chi connectivity index (χ2n) is 1.99. The topological polar surface area (TPSA) is 85.1 Å². The number of nitrogens with two attached hydrogens (primary N) is 2. The molecule has 0 bridgehead atoms. The van der Waals surface area contributed by atoms with Crippen molar-refractivity contribution in [3.8, 4) is 12.0 Å². The maximum absolute atomic E-state index is 8.17. The van der Waals surface area contributed by atoms with Crippen LogP contribution in [0.25, 0.3) is 0 Å². The standard InChI is InChI=1S/C7H7N3O/c8-4-11-7-3-5(9)1-2-6(7)10/h1-3H,9-10H2. The second kappa shape index (κ2) is 2.80. The first kappa shape index (κ1) is 7.22. The van der Waals surface area contributed by atoms with Crippen molar-refractivity contribution in [2.75, 3.05) is 11.5 Å². The van der Waals surface area contributed by atoms with Gasteiger partial charge in [-0.05, 0) is 12.1 Å². The van der Waals surface area contributed by atoms with Gasteiger partial charge in [0.2, 0.25) is 0 Å². The zero-order chi connectivity index (χ0) is 8.27. The molecule has 1 aromatic rings. The average molecular weight is 149 g/mol. The lowest BCUT2D eigenvalue weighted by Crippen LogP contribution is -1.93. The Morgan fingerprint density at radius 3 is 2.73 bits per heavy atom. The third-order valence-corrected chi connectivity index (χ3v) is 1.19. The number of hydrogen-bond acceptors (Lipinski definition) is 4. The number of benzene rings is 1. The van der Waals surface area contributed by atoms with Gasteiger partial charge >= 0.3 is 0 Å². The van der Waals surface area contributed by atoms with Crippen LogP contribution in [0.15, 0.2) is 18.2 Å². The molecular formula is C7H7N3O. The minimum absolute atomic E-state index is 0.299. The van der Waals surface area contributed by atoms with Crippen LogP contribution in [0.4, 0.5) is 11.4 Å². The number of nitrogens with zero attached hydrogens (tertiary/aromatic N) is 1. The van der Waals surface area contributed by atoms with Gasteiger partial charge in [-0.15, -0.1) is 5.26 Å². The molecule has 0 unspecified atom stereocenters. The van der Waals surface area contributed by atoms with Crippen LogP contribution >= 0.6 is 0 Å². The largest absolute Gasteiger partial charge is 0.399 e. The summed E-state index contributed by atoms with van der Waals surface area (Å²) in [5.74, 6) is 0.299. The Balaban J connectivity index is 3.05. The van der Waals surface area contributed by atoms with E-state index in [4.69, 9.17) is 16.7 Å². The maximum Gasteiger partial charge on any atom is 0.292 e. The SMILES string of the molecule is N#COc1cc(N)ccc1N. The van der Waals surface area contributed by atoms with Crippen molar-refractivity contribution in [1.29, 1.82) is 5.26 Å². The normalized spacial score (nSPS) is 8.64. The monoisotopic (exact) mass is 149 g/mol. The molecule has 11 heavy (non-hydrogen) atoms. The Bertz CT molecular complexity index is 303. The van der Waals surface area contributed by atoms with Crippen molar-refractivity contribution in [1.82, 2.24) is 0 Å². The van der Waals surface area contributed by atoms with Gasteiger partial charge in [0.25, 0.3) is 6.26 Å². The molecule has 0 atom stereocenters. The highest BCUT2D eigenvalue weighted by Gasteiger charge is 1.98. The molecule has 0 fully saturated rings. The van der Waals surface area contributed by atoms with Crippen LogP contribution in [-0.2, 0) is 0 Å². The molecule has 1 rings (SSSR count). The highest BCUT2D eigenvalue weighted by atomic mass is 16.5. The minimum Gasteiger partial charge on any atom is -0.399 e. The molecule has 0 aliphatic carbocycles. The lowest BCUT2D eigenvalue weighted by atomic mass is 10.3. The molecule has 4 heteroatoms. The van der Waals surface area contributed by atoms with Crippen molar-refractivity contribution < 1.29 is 4.74 Å². The Kier molecular flexibility index (Phi) is 1.83. The fourth-order valence-corrected chi connectivity index (χ4v) is 0.689. The Morgan fingerprint density at radius 1 is 1.36 bits per heavy atom. The van der Waals surface area contributed by atoms with E-state index >= 15 is 0 Å². The van der Waals surface area contributed by atoms with Crippen molar-refractivity contribution in [3.63, 3.8) is 0 Å². The van der Waals surface area contributed by atoms with E-state index in [1.165, 1.54) is 12.3 Å². The predicted molar refractivity (Wildman–Crippen MR) is 41.5 cm³/mol. The summed E-state index contributed by atoms with van der Waals surface area (Å²) in [6.07, 6.45) is 1.52. The van der Waals surface area contributed by atoms with E-state index < -0.39 is 0 Å². The van der Waals surface area contributed by atoms with Gasteiger partial charge in [-0.2, -0.15) is 0 Å². The van der Waals surface area contributed by atoms with Gasteiger partial charge in [-0.1, -0.05) is 0 Å². The number of nitriles is 1. The summed E-state index contributed by atoms with van der Waals surface area (Å²) in [6, 6.07) is 4.72. The van der Waals surface area contributed by atoms with E-state index in [2.05, 4.69) is 4.74 Å². The van der Waals surface area contributed by atoms with Gasteiger partial charge in [0, 0.05) is 11.8 Å².